The number of hydrogen-bond donors (Lipinski definition) is 1. The first-order valence-corrected chi connectivity index (χ1v) is 8.99. The molecule has 0 unspecified atom stereocenters. The molecule has 0 amide bonds. The Morgan fingerprint density at radius 2 is 1.81 bits per heavy atom. The van der Waals surface area contributed by atoms with E-state index in [1.54, 1.807) is 0 Å². The summed E-state index contributed by atoms with van der Waals surface area (Å²) in [5, 5.41) is 8.91. The van der Waals surface area contributed by atoms with E-state index >= 15 is 0 Å². The topological polar surface area (TPSA) is 74.0 Å². The highest BCUT2D eigenvalue weighted by atomic mass is 32.2. The van der Waals surface area contributed by atoms with Gasteiger partial charge >= 0.3 is 0 Å². The molecule has 1 saturated carbocycles. The van der Waals surface area contributed by atoms with Crippen molar-refractivity contribution < 1.29 is 17.9 Å². The standard InChI is InChI=1S/C14H22N2O4S/c17-11-13-5-6-14(20-13)21(18,19)16-9-7-15(8-10-16)12-3-1-2-4-12/h5-6,12,17H,1-4,7-11H2. The highest BCUT2D eigenvalue weighted by Crippen LogP contribution is 2.26. The summed E-state index contributed by atoms with van der Waals surface area (Å²) in [4.78, 5) is 2.42. The van der Waals surface area contributed by atoms with Crippen LogP contribution in [0.4, 0.5) is 0 Å². The molecular formula is C14H22N2O4S. The quantitative estimate of drug-likeness (QED) is 0.898. The van der Waals surface area contributed by atoms with Crippen LogP contribution in [-0.2, 0) is 16.6 Å². The van der Waals surface area contributed by atoms with Crippen molar-refractivity contribution >= 4 is 10.0 Å². The van der Waals surface area contributed by atoms with Crippen LogP contribution in [0.2, 0.25) is 0 Å². The summed E-state index contributed by atoms with van der Waals surface area (Å²) in [5.41, 5.74) is 0. The minimum absolute atomic E-state index is 0.0686. The summed E-state index contributed by atoms with van der Waals surface area (Å²) in [5.74, 6) is 0.276. The molecule has 0 spiro atoms. The van der Waals surface area contributed by atoms with E-state index in [1.807, 2.05) is 0 Å². The van der Waals surface area contributed by atoms with E-state index < -0.39 is 10.0 Å². The number of furan rings is 1. The summed E-state index contributed by atoms with van der Waals surface area (Å²) in [7, 11) is -3.57. The molecule has 21 heavy (non-hydrogen) atoms. The molecule has 7 heteroatoms. The number of aliphatic hydroxyl groups is 1. The van der Waals surface area contributed by atoms with Crippen molar-refractivity contribution in [2.24, 2.45) is 0 Å². The average Bonchev–Trinajstić information content (AvgIpc) is 3.19. The van der Waals surface area contributed by atoms with Gasteiger partial charge in [-0.1, -0.05) is 12.8 Å². The summed E-state index contributed by atoms with van der Waals surface area (Å²) >= 11 is 0. The lowest BCUT2D eigenvalue weighted by atomic mass is 10.2. The number of hydrogen-bond acceptors (Lipinski definition) is 5. The number of nitrogens with zero attached hydrogens (tertiary/aromatic N) is 2. The molecule has 1 saturated heterocycles. The first-order chi connectivity index (χ1) is 10.1. The van der Waals surface area contributed by atoms with Crippen molar-refractivity contribution in [2.75, 3.05) is 26.2 Å². The van der Waals surface area contributed by atoms with Crippen molar-refractivity contribution in [1.82, 2.24) is 9.21 Å². The van der Waals surface area contributed by atoms with Crippen LogP contribution in [0.25, 0.3) is 0 Å². The van der Waals surface area contributed by atoms with Gasteiger partial charge in [-0.2, -0.15) is 4.31 Å². The molecule has 6 nitrogen and oxygen atoms in total. The van der Waals surface area contributed by atoms with Crippen molar-refractivity contribution in [3.05, 3.63) is 17.9 Å². The lowest BCUT2D eigenvalue weighted by molar-refractivity contribution is 0.137. The van der Waals surface area contributed by atoms with Crippen LogP contribution in [0, 0.1) is 0 Å². The predicted molar refractivity (Wildman–Crippen MR) is 77.2 cm³/mol. The van der Waals surface area contributed by atoms with Gasteiger partial charge in [-0.15, -0.1) is 0 Å². The Labute approximate surface area is 125 Å². The van der Waals surface area contributed by atoms with Crippen LogP contribution in [0.1, 0.15) is 31.4 Å². The molecule has 118 valence electrons. The average molecular weight is 314 g/mol. The summed E-state index contributed by atoms with van der Waals surface area (Å²) < 4.78 is 31.6. The minimum Gasteiger partial charge on any atom is -0.446 e. The zero-order valence-corrected chi connectivity index (χ0v) is 12.9. The molecule has 2 heterocycles. The Morgan fingerprint density at radius 1 is 1.14 bits per heavy atom. The van der Waals surface area contributed by atoms with Gasteiger partial charge in [0.25, 0.3) is 10.0 Å². The molecule has 2 fully saturated rings. The zero-order chi connectivity index (χ0) is 14.9. The predicted octanol–water partition coefficient (Wildman–Crippen LogP) is 1.02. The summed E-state index contributed by atoms with van der Waals surface area (Å²) in [6.45, 7) is 2.31. The molecule has 1 aromatic rings. The Kier molecular flexibility index (Phi) is 4.35. The second-order valence-electron chi connectivity index (χ2n) is 5.76. The number of piperazine rings is 1. The van der Waals surface area contributed by atoms with Crippen LogP contribution in [-0.4, -0.2) is 55.0 Å². The zero-order valence-electron chi connectivity index (χ0n) is 12.1. The van der Waals surface area contributed by atoms with Gasteiger partial charge in [0.2, 0.25) is 5.09 Å². The van der Waals surface area contributed by atoms with E-state index in [2.05, 4.69) is 4.90 Å². The maximum atomic E-state index is 12.5. The van der Waals surface area contributed by atoms with Gasteiger partial charge in [-0.05, 0) is 25.0 Å². The molecule has 1 aliphatic heterocycles. The molecule has 1 aliphatic carbocycles. The van der Waals surface area contributed by atoms with E-state index in [4.69, 9.17) is 9.52 Å². The first-order valence-electron chi connectivity index (χ1n) is 7.55. The molecule has 0 bridgehead atoms. The lowest BCUT2D eigenvalue weighted by Gasteiger charge is -2.36. The lowest BCUT2D eigenvalue weighted by Crippen LogP contribution is -2.51. The molecule has 0 radical (unpaired) electrons. The fourth-order valence-corrected chi connectivity index (χ4v) is 4.64. The molecule has 1 N–H and O–H groups in total. The van der Waals surface area contributed by atoms with Gasteiger partial charge in [-0.3, -0.25) is 4.90 Å². The van der Waals surface area contributed by atoms with Crippen LogP contribution < -0.4 is 0 Å². The van der Waals surface area contributed by atoms with Gasteiger partial charge in [-0.25, -0.2) is 8.42 Å². The molecule has 3 rings (SSSR count). The van der Waals surface area contributed by atoms with Gasteiger partial charge in [0.1, 0.15) is 12.4 Å². The second-order valence-corrected chi connectivity index (χ2v) is 7.63. The van der Waals surface area contributed by atoms with Gasteiger partial charge < -0.3 is 9.52 Å². The highest BCUT2D eigenvalue weighted by molar-refractivity contribution is 7.89. The molecule has 0 atom stereocenters. The Hall–Kier alpha value is -0.890. The number of rotatable bonds is 4. The minimum atomic E-state index is -3.57. The first kappa shape index (κ1) is 15.0. The molecule has 1 aromatic heterocycles. The van der Waals surface area contributed by atoms with Gasteiger partial charge in [0.05, 0.1) is 0 Å². The maximum Gasteiger partial charge on any atom is 0.276 e. The van der Waals surface area contributed by atoms with Crippen molar-refractivity contribution in [3.63, 3.8) is 0 Å². The maximum absolute atomic E-state index is 12.5. The molecular weight excluding hydrogens is 292 g/mol. The normalized spacial score (nSPS) is 22.9. The fraction of sp³-hybridized carbons (Fsp3) is 0.714. The smallest absolute Gasteiger partial charge is 0.276 e. The summed E-state index contributed by atoms with van der Waals surface area (Å²) in [6.07, 6.45) is 5.06. The van der Waals surface area contributed by atoms with Crippen molar-refractivity contribution in [3.8, 4) is 0 Å². The number of sulfonamides is 1. The monoisotopic (exact) mass is 314 g/mol. The van der Waals surface area contributed by atoms with Crippen LogP contribution in [0.15, 0.2) is 21.6 Å². The molecule has 2 aliphatic rings. The van der Waals surface area contributed by atoms with E-state index in [-0.39, 0.29) is 17.5 Å². The van der Waals surface area contributed by atoms with E-state index in [0.717, 1.165) is 13.1 Å². The fourth-order valence-electron chi connectivity index (χ4n) is 3.29. The van der Waals surface area contributed by atoms with E-state index in [9.17, 15) is 8.42 Å². The third-order valence-electron chi connectivity index (χ3n) is 4.50. The Bertz CT molecular complexity index is 570. The van der Waals surface area contributed by atoms with Crippen LogP contribution in [0.5, 0.6) is 0 Å². The largest absolute Gasteiger partial charge is 0.446 e. The van der Waals surface area contributed by atoms with Crippen molar-refractivity contribution in [2.45, 2.75) is 43.4 Å². The van der Waals surface area contributed by atoms with E-state index in [1.165, 1.54) is 42.1 Å². The van der Waals surface area contributed by atoms with E-state index in [0.29, 0.717) is 19.1 Å². The second kappa shape index (κ2) is 6.08. The number of aliphatic hydroxyl groups excluding tert-OH is 1. The Balaban J connectivity index is 1.65. The van der Waals surface area contributed by atoms with Gasteiger partial charge in [0.15, 0.2) is 0 Å². The van der Waals surface area contributed by atoms with Crippen molar-refractivity contribution in [1.29, 1.82) is 0 Å². The highest BCUT2D eigenvalue weighted by Gasteiger charge is 2.33. The third kappa shape index (κ3) is 3.01. The SMILES string of the molecule is O=S(=O)(c1ccc(CO)o1)N1CCN(C2CCCC2)CC1. The van der Waals surface area contributed by atoms with Crippen LogP contribution >= 0.6 is 0 Å². The Morgan fingerprint density at radius 3 is 2.38 bits per heavy atom. The third-order valence-corrected chi connectivity index (χ3v) is 6.27. The van der Waals surface area contributed by atoms with Crippen LogP contribution in [0.3, 0.4) is 0 Å². The molecule has 0 aromatic carbocycles. The van der Waals surface area contributed by atoms with Gasteiger partial charge in [0, 0.05) is 32.2 Å². The summed E-state index contributed by atoms with van der Waals surface area (Å²) in [6, 6.07) is 3.56.